The number of benzene rings is 1. The molecule has 0 bridgehead atoms. The Labute approximate surface area is 189 Å². The quantitative estimate of drug-likeness (QED) is 0.448. The fraction of sp³-hybridized carbons (Fsp3) is 0.435. The average molecular weight is 450 g/mol. The first-order valence-corrected chi connectivity index (χ1v) is 11.2. The lowest BCUT2D eigenvalue weighted by Gasteiger charge is -2.34. The molecule has 2 aliphatic rings. The number of nitro benzene ring substituents is 1. The summed E-state index contributed by atoms with van der Waals surface area (Å²) >= 11 is 0. The number of aryl methyl sites for hydroxylation is 1. The molecule has 0 aliphatic carbocycles. The Morgan fingerprint density at radius 3 is 2.70 bits per heavy atom. The zero-order chi connectivity index (χ0) is 23.1. The third-order valence-corrected chi connectivity index (χ3v) is 6.79. The van der Waals surface area contributed by atoms with Gasteiger partial charge in [-0.15, -0.1) is 0 Å². The van der Waals surface area contributed by atoms with E-state index < -0.39 is 0 Å². The molecule has 1 fully saturated rings. The Bertz CT molecular complexity index is 1330. The Morgan fingerprint density at radius 1 is 1.15 bits per heavy atom. The van der Waals surface area contributed by atoms with Gasteiger partial charge in [-0.1, -0.05) is 12.1 Å². The summed E-state index contributed by atoms with van der Waals surface area (Å²) in [7, 11) is 0. The molecule has 0 spiro atoms. The van der Waals surface area contributed by atoms with Crippen LogP contribution in [0.4, 0.5) is 5.69 Å². The molecule has 1 aromatic carbocycles. The molecule has 10 nitrogen and oxygen atoms in total. The van der Waals surface area contributed by atoms with E-state index in [0.717, 1.165) is 31.5 Å². The molecule has 0 radical (unpaired) electrons. The molecule has 2 aromatic heterocycles. The number of rotatable bonds is 6. The van der Waals surface area contributed by atoms with Crippen molar-refractivity contribution < 1.29 is 4.92 Å². The van der Waals surface area contributed by atoms with Crippen LogP contribution in [0.25, 0.3) is 11.2 Å². The van der Waals surface area contributed by atoms with Gasteiger partial charge in [-0.2, -0.15) is 0 Å². The van der Waals surface area contributed by atoms with Gasteiger partial charge in [0.05, 0.1) is 17.2 Å². The number of nitrogens with zero attached hydrogens (tertiary/aromatic N) is 5. The first-order valence-electron chi connectivity index (χ1n) is 11.2. The van der Waals surface area contributed by atoms with Gasteiger partial charge >= 0.3 is 0 Å². The van der Waals surface area contributed by atoms with Crippen molar-refractivity contribution in [3.63, 3.8) is 0 Å². The van der Waals surface area contributed by atoms with Crippen molar-refractivity contribution in [3.05, 3.63) is 78.5 Å². The number of piperidine rings is 1. The number of hydrogen-bond acceptors (Lipinski definition) is 7. The van der Waals surface area contributed by atoms with Crippen LogP contribution in [0.3, 0.4) is 0 Å². The summed E-state index contributed by atoms with van der Waals surface area (Å²) in [6.45, 7) is 5.30. The predicted octanol–water partition coefficient (Wildman–Crippen LogP) is 1.58. The monoisotopic (exact) mass is 450 g/mol. The minimum atomic E-state index is -0.339. The summed E-state index contributed by atoms with van der Waals surface area (Å²) in [5.74, 6) is 0. The maximum Gasteiger partial charge on any atom is 0.272 e. The first-order chi connectivity index (χ1) is 15.9. The molecule has 1 saturated heterocycles. The lowest BCUT2D eigenvalue weighted by molar-refractivity contribution is -0.385. The molecule has 0 saturated carbocycles. The minimum Gasteiger partial charge on any atom is -0.310 e. The van der Waals surface area contributed by atoms with Crippen molar-refractivity contribution in [2.24, 2.45) is 0 Å². The van der Waals surface area contributed by atoms with Gasteiger partial charge in [-0.05, 0) is 44.5 Å². The van der Waals surface area contributed by atoms with Gasteiger partial charge < -0.3 is 10.2 Å². The second-order valence-corrected chi connectivity index (χ2v) is 8.95. The average Bonchev–Trinajstić information content (AvgIpc) is 3.19. The number of nitro groups is 1. The van der Waals surface area contributed by atoms with Crippen LogP contribution in [-0.2, 0) is 13.1 Å². The van der Waals surface area contributed by atoms with Crippen LogP contribution in [0.5, 0.6) is 0 Å². The number of pyridine rings is 1. The highest BCUT2D eigenvalue weighted by molar-refractivity contribution is 5.71. The largest absolute Gasteiger partial charge is 0.310 e. The molecule has 1 unspecified atom stereocenters. The van der Waals surface area contributed by atoms with E-state index in [0.29, 0.717) is 42.4 Å². The zero-order valence-electron chi connectivity index (χ0n) is 18.4. The Balaban J connectivity index is 1.19. The molecule has 1 atom stereocenters. The summed E-state index contributed by atoms with van der Waals surface area (Å²) < 4.78 is 3.38. The van der Waals surface area contributed by atoms with Gasteiger partial charge in [0.25, 0.3) is 16.8 Å². The zero-order valence-corrected chi connectivity index (χ0v) is 18.4. The third-order valence-electron chi connectivity index (χ3n) is 6.79. The molecule has 2 aliphatic heterocycles. The maximum absolute atomic E-state index is 12.5. The van der Waals surface area contributed by atoms with Crippen molar-refractivity contribution in [3.8, 4) is 0 Å². The normalized spacial score (nSPS) is 18.8. The number of hydrogen-bond donors (Lipinski definition) is 1. The van der Waals surface area contributed by atoms with Gasteiger partial charge in [0.1, 0.15) is 11.2 Å². The van der Waals surface area contributed by atoms with Crippen molar-refractivity contribution in [1.29, 1.82) is 0 Å². The Kier molecular flexibility index (Phi) is 5.55. The van der Waals surface area contributed by atoms with E-state index >= 15 is 0 Å². The highest BCUT2D eigenvalue weighted by Gasteiger charge is 2.29. The SMILES string of the molecule is Cc1ccc(CNC2CCN(CC3Cn4c(=O)ccc5ncc(=O)n3c54)CC2)cc1[N+](=O)[O-]. The number of likely N-dealkylation sites (tertiary alicyclic amines) is 1. The highest BCUT2D eigenvalue weighted by atomic mass is 16.6. The summed E-state index contributed by atoms with van der Waals surface area (Å²) in [6.07, 6.45) is 3.24. The van der Waals surface area contributed by atoms with Crippen molar-refractivity contribution in [2.45, 2.75) is 44.9 Å². The molecule has 10 heteroatoms. The van der Waals surface area contributed by atoms with Crippen LogP contribution in [0.2, 0.25) is 0 Å². The fourth-order valence-corrected chi connectivity index (χ4v) is 5.01. The number of aromatic nitrogens is 3. The lowest BCUT2D eigenvalue weighted by Crippen LogP contribution is -2.44. The van der Waals surface area contributed by atoms with E-state index in [9.17, 15) is 19.7 Å². The third kappa shape index (κ3) is 4.07. The smallest absolute Gasteiger partial charge is 0.272 e. The van der Waals surface area contributed by atoms with Gasteiger partial charge in [0.2, 0.25) is 0 Å². The van der Waals surface area contributed by atoms with Crippen molar-refractivity contribution in [1.82, 2.24) is 24.3 Å². The van der Waals surface area contributed by atoms with Crippen molar-refractivity contribution >= 4 is 16.9 Å². The van der Waals surface area contributed by atoms with Gasteiger partial charge in [0.15, 0.2) is 0 Å². The van der Waals surface area contributed by atoms with Crippen LogP contribution < -0.4 is 16.4 Å². The fourth-order valence-electron chi connectivity index (χ4n) is 5.01. The second-order valence-electron chi connectivity index (χ2n) is 8.95. The van der Waals surface area contributed by atoms with E-state index in [2.05, 4.69) is 15.2 Å². The molecule has 5 rings (SSSR count). The summed E-state index contributed by atoms with van der Waals surface area (Å²) in [6, 6.07) is 8.79. The molecule has 3 aromatic rings. The van der Waals surface area contributed by atoms with Gasteiger partial charge in [0, 0.05) is 43.4 Å². The van der Waals surface area contributed by atoms with E-state index in [1.165, 1.54) is 12.3 Å². The van der Waals surface area contributed by atoms with Crippen LogP contribution in [-0.4, -0.2) is 49.6 Å². The Hall–Kier alpha value is -3.37. The highest BCUT2D eigenvalue weighted by Crippen LogP contribution is 2.24. The van der Waals surface area contributed by atoms with Crippen LogP contribution in [0.1, 0.15) is 30.0 Å². The first kappa shape index (κ1) is 21.5. The van der Waals surface area contributed by atoms with Gasteiger partial charge in [-0.3, -0.25) is 28.8 Å². The van der Waals surface area contributed by atoms with Crippen LogP contribution in [0, 0.1) is 17.0 Å². The van der Waals surface area contributed by atoms with E-state index in [-0.39, 0.29) is 27.8 Å². The molecule has 4 heterocycles. The summed E-state index contributed by atoms with van der Waals surface area (Å²) in [5.41, 5.74) is 2.73. The Morgan fingerprint density at radius 2 is 1.94 bits per heavy atom. The lowest BCUT2D eigenvalue weighted by atomic mass is 10.0. The number of nitrogens with one attached hydrogen (secondary N) is 1. The summed E-state index contributed by atoms with van der Waals surface area (Å²) in [4.78, 5) is 42.2. The van der Waals surface area contributed by atoms with E-state index in [4.69, 9.17) is 0 Å². The summed E-state index contributed by atoms with van der Waals surface area (Å²) in [5, 5.41) is 14.7. The molecular formula is C23H26N6O4. The van der Waals surface area contributed by atoms with Gasteiger partial charge in [-0.25, -0.2) is 4.98 Å². The molecular weight excluding hydrogens is 424 g/mol. The van der Waals surface area contributed by atoms with Crippen molar-refractivity contribution in [2.75, 3.05) is 19.6 Å². The molecule has 0 amide bonds. The molecule has 1 N–H and O–H groups in total. The topological polar surface area (TPSA) is 115 Å². The molecule has 172 valence electrons. The van der Waals surface area contributed by atoms with Crippen LogP contribution in [0.15, 0.2) is 46.1 Å². The maximum atomic E-state index is 12.5. The molecule has 33 heavy (non-hydrogen) atoms. The predicted molar refractivity (Wildman–Crippen MR) is 123 cm³/mol. The van der Waals surface area contributed by atoms with E-state index in [1.54, 1.807) is 34.3 Å². The standard InChI is InChI=1S/C23H26N6O4/c1-15-2-3-16(10-20(15)29(32)33)11-24-17-6-8-26(9-7-17)13-18-14-27-21(30)5-4-19-23(27)28(18)22(31)12-25-19/h2-5,10,12,17-18,24H,6-9,11,13-14H2,1H3. The second kappa shape index (κ2) is 8.53. The van der Waals surface area contributed by atoms with E-state index in [1.807, 2.05) is 6.07 Å². The van der Waals surface area contributed by atoms with Crippen LogP contribution >= 0.6 is 0 Å². The minimum absolute atomic E-state index is 0.0873.